The van der Waals surface area contributed by atoms with E-state index in [1.54, 1.807) is 0 Å². The molecule has 0 aromatic rings. The van der Waals surface area contributed by atoms with Crippen LogP contribution in [0.5, 0.6) is 0 Å². The van der Waals surface area contributed by atoms with Gasteiger partial charge in [0.05, 0.1) is 0 Å². The Morgan fingerprint density at radius 1 is 0.508 bits per heavy atom. The summed E-state index contributed by atoms with van der Waals surface area (Å²) in [6, 6.07) is 0. The highest BCUT2D eigenvalue weighted by Crippen LogP contribution is 2.60. The first kappa shape index (κ1) is 60.5. The van der Waals surface area contributed by atoms with E-state index in [2.05, 4.69) is 46.3 Å². The Morgan fingerprint density at radius 3 is 1.06 bits per heavy atom. The monoisotopic (exact) mass is 978 g/mol. The third-order valence-corrected chi connectivity index (χ3v) is 8.43. The third-order valence-electron chi connectivity index (χ3n) is 8.43. The van der Waals surface area contributed by atoms with Crippen LogP contribution in [0.3, 0.4) is 0 Å². The molecule has 0 aromatic heterocycles. The summed E-state index contributed by atoms with van der Waals surface area (Å²) in [6.45, 7) is 20.4. The lowest BCUT2D eigenvalue weighted by Crippen LogP contribution is -2.69. The van der Waals surface area contributed by atoms with E-state index in [0.29, 0.717) is 0 Å². The lowest BCUT2D eigenvalue weighted by Gasteiger charge is -2.50. The number of carbonyl (C=O) groups is 5. The molecule has 12 nitrogen and oxygen atoms in total. The fourth-order valence-corrected chi connectivity index (χ4v) is 5.85. The maximum absolute atomic E-state index is 14.5. The van der Waals surface area contributed by atoms with E-state index in [1.165, 1.54) is 34.6 Å². The Kier molecular flexibility index (Phi) is 19.1. The first-order valence-electron chi connectivity index (χ1n) is 19.0. The Balaban J connectivity index is 0.00000180. The molecule has 0 radical (unpaired) electrons. The van der Waals surface area contributed by atoms with Crippen molar-refractivity contribution in [3.8, 4) is 0 Å². The Hall–Kier alpha value is -4.55. The third kappa shape index (κ3) is 16.1. The van der Waals surface area contributed by atoms with Crippen molar-refractivity contribution < 1.29 is 119 Å². The quantitative estimate of drug-likeness (QED) is 0.0839. The number of ether oxygens (including phenoxy) is 7. The van der Waals surface area contributed by atoms with Gasteiger partial charge in [-0.1, -0.05) is 20.1 Å². The molecule has 1 aliphatic rings. The van der Waals surface area contributed by atoms with Crippen molar-refractivity contribution >= 4 is 30.2 Å². The Labute approximate surface area is 364 Å². The van der Waals surface area contributed by atoms with E-state index < -0.39 is 138 Å². The number of alkyl halides is 14. The van der Waals surface area contributed by atoms with Crippen molar-refractivity contribution in [1.82, 2.24) is 0 Å². The highest BCUT2D eigenvalue weighted by Gasteiger charge is 2.82. The summed E-state index contributed by atoms with van der Waals surface area (Å²) in [5, 5.41) is 0. The van der Waals surface area contributed by atoms with E-state index >= 15 is 0 Å². The van der Waals surface area contributed by atoms with Gasteiger partial charge in [0, 0.05) is 23.0 Å². The van der Waals surface area contributed by atoms with Crippen LogP contribution in [-0.4, -0.2) is 101 Å². The molecule has 65 heavy (non-hydrogen) atoms. The van der Waals surface area contributed by atoms with Gasteiger partial charge in [0.25, 0.3) is 0 Å². The van der Waals surface area contributed by atoms with Crippen molar-refractivity contribution in [2.45, 2.75) is 180 Å². The summed E-state index contributed by atoms with van der Waals surface area (Å²) in [5.74, 6) is -15.3. The predicted octanol–water partition coefficient (Wildman–Crippen LogP) is 11.4. The second-order valence-corrected chi connectivity index (χ2v) is 17.7. The molecular weight excluding hydrogens is 926 g/mol. The second kappa shape index (κ2) is 20.5. The van der Waals surface area contributed by atoms with Crippen molar-refractivity contribution in [2.75, 3.05) is 0 Å². The fourth-order valence-electron chi connectivity index (χ4n) is 5.85. The standard InChI is InChI=1S/C26H32F12O8.C13H20F2O4/c1-12(2)16(39)42-15-10-13(21(23(27,28)29,24(30,31)32)45-17(40)43-19(3,4)5)9-14(11-15)22(25(33,34)35,26(36,37)38)46-18(41)44-20(6,7)8;1-7-9(18-10(16)8(2)3)13(14,15)11(17)19-12(4,5)6/h13-15H,1,9-11H2,2-8H3;9H,2,7H2,1,3-6H3. The summed E-state index contributed by atoms with van der Waals surface area (Å²) >= 11 is 0. The van der Waals surface area contributed by atoms with Crippen LogP contribution in [0.15, 0.2) is 24.3 Å². The summed E-state index contributed by atoms with van der Waals surface area (Å²) in [5.41, 5.74) is -16.9. The molecule has 0 aromatic carbocycles. The van der Waals surface area contributed by atoms with Crippen LogP contribution < -0.4 is 0 Å². The van der Waals surface area contributed by atoms with Crippen molar-refractivity contribution in [2.24, 2.45) is 11.8 Å². The fraction of sp³-hybridized carbons (Fsp3) is 0.769. The van der Waals surface area contributed by atoms with E-state index in [-0.39, 0.29) is 12.0 Å². The first-order valence-corrected chi connectivity index (χ1v) is 19.0. The molecule has 3 unspecified atom stereocenters. The van der Waals surface area contributed by atoms with Crippen LogP contribution in [-0.2, 0) is 47.5 Å². The number of hydrogen-bond acceptors (Lipinski definition) is 12. The van der Waals surface area contributed by atoms with Gasteiger partial charge in [0.2, 0.25) is 0 Å². The average Bonchev–Trinajstić information content (AvgIpc) is 3.03. The predicted molar refractivity (Wildman–Crippen MR) is 196 cm³/mol. The molecule has 0 bridgehead atoms. The zero-order valence-electron chi connectivity index (χ0n) is 37.2. The highest BCUT2D eigenvalue weighted by molar-refractivity contribution is 5.88. The van der Waals surface area contributed by atoms with Crippen LogP contribution in [0.2, 0.25) is 0 Å². The van der Waals surface area contributed by atoms with Gasteiger partial charge in [0.15, 0.2) is 6.10 Å². The lowest BCUT2D eigenvalue weighted by atomic mass is 9.65. The number of esters is 3. The smallest absolute Gasteiger partial charge is 0.459 e. The Bertz CT molecular complexity index is 1630. The van der Waals surface area contributed by atoms with Gasteiger partial charge in [-0.3, -0.25) is 0 Å². The lowest BCUT2D eigenvalue weighted by molar-refractivity contribution is -0.405. The maximum atomic E-state index is 14.5. The van der Waals surface area contributed by atoms with Gasteiger partial charge < -0.3 is 33.2 Å². The summed E-state index contributed by atoms with van der Waals surface area (Å²) in [6.07, 6.45) is -42.9. The van der Waals surface area contributed by atoms with Crippen molar-refractivity contribution in [3.63, 3.8) is 0 Å². The normalized spacial score (nSPS) is 18.7. The molecule has 1 aliphatic carbocycles. The zero-order valence-corrected chi connectivity index (χ0v) is 37.2. The van der Waals surface area contributed by atoms with Gasteiger partial charge in [-0.2, -0.15) is 61.5 Å². The highest BCUT2D eigenvalue weighted by atomic mass is 19.4. The van der Waals surface area contributed by atoms with Gasteiger partial charge >= 0.3 is 72.0 Å². The second-order valence-electron chi connectivity index (χ2n) is 17.7. The van der Waals surface area contributed by atoms with Crippen molar-refractivity contribution in [1.29, 1.82) is 0 Å². The van der Waals surface area contributed by atoms with Crippen LogP contribution in [0.4, 0.5) is 71.1 Å². The molecular formula is C39H52F14O12. The van der Waals surface area contributed by atoms with Crippen molar-refractivity contribution in [3.05, 3.63) is 24.3 Å². The zero-order chi connectivity index (χ0) is 52.1. The molecule has 1 rings (SSSR count). The van der Waals surface area contributed by atoms with Gasteiger partial charge in [-0.15, -0.1) is 0 Å². The van der Waals surface area contributed by atoms with Crippen LogP contribution in [0, 0.1) is 11.8 Å². The molecule has 0 saturated heterocycles. The van der Waals surface area contributed by atoms with Gasteiger partial charge in [0.1, 0.15) is 22.9 Å². The molecule has 0 amide bonds. The number of hydrogen-bond donors (Lipinski definition) is 0. The van der Waals surface area contributed by atoms with Gasteiger partial charge in [-0.05, 0) is 102 Å². The summed E-state index contributed by atoms with van der Waals surface area (Å²) in [7, 11) is 0. The molecule has 1 saturated carbocycles. The largest absolute Gasteiger partial charge is 0.510 e. The molecule has 0 aliphatic heterocycles. The number of halogens is 14. The van der Waals surface area contributed by atoms with Gasteiger partial charge in [-0.25, -0.2) is 24.0 Å². The van der Waals surface area contributed by atoms with E-state index in [0.717, 1.165) is 48.5 Å². The minimum atomic E-state index is -6.78. The topological polar surface area (TPSA) is 150 Å². The molecule has 378 valence electrons. The minimum absolute atomic E-state index is 0.0153. The number of carbonyl (C=O) groups excluding carboxylic acids is 5. The molecule has 1 fully saturated rings. The Morgan fingerprint density at radius 2 is 0.815 bits per heavy atom. The van der Waals surface area contributed by atoms with Crippen LogP contribution >= 0.6 is 0 Å². The average molecular weight is 979 g/mol. The SMILES string of the molecule is C=C(C)C(=O)OC(CC)C(F)(F)C(=O)OC(C)(C)C.C=C(C)C(=O)OC1CC(C(OC(=O)OC(C)(C)C)(C(F)(F)F)C(F)(F)F)CC(C(OC(=O)OC(C)(C)C)(C(F)(F)F)C(F)(F)F)C1. The van der Waals surface area contributed by atoms with E-state index in [9.17, 15) is 85.4 Å². The first-order chi connectivity index (χ1) is 28.5. The molecule has 0 spiro atoms. The molecule has 0 N–H and O–H groups in total. The van der Waals surface area contributed by atoms with E-state index in [4.69, 9.17) is 0 Å². The molecule has 3 atom stereocenters. The minimum Gasteiger partial charge on any atom is -0.459 e. The van der Waals surface area contributed by atoms with E-state index in [1.807, 2.05) is 0 Å². The summed E-state index contributed by atoms with van der Waals surface area (Å²) < 4.78 is 232. The summed E-state index contributed by atoms with van der Waals surface area (Å²) in [4.78, 5) is 59.4. The van der Waals surface area contributed by atoms with Crippen LogP contribution in [0.25, 0.3) is 0 Å². The number of rotatable bonds is 11. The maximum Gasteiger partial charge on any atom is 0.510 e. The molecule has 26 heteroatoms. The molecule has 0 heterocycles. The van der Waals surface area contributed by atoms with Crippen LogP contribution in [0.1, 0.15) is 109 Å².